The summed E-state index contributed by atoms with van der Waals surface area (Å²) in [6.45, 7) is 1.62. The predicted octanol–water partition coefficient (Wildman–Crippen LogP) is 3.29. The molecule has 4 rings (SSSR count). The summed E-state index contributed by atoms with van der Waals surface area (Å²) in [6, 6.07) is 18.3. The van der Waals surface area contributed by atoms with Gasteiger partial charge in [0.15, 0.2) is 0 Å². The summed E-state index contributed by atoms with van der Waals surface area (Å²) in [6.07, 6.45) is 4.10. The van der Waals surface area contributed by atoms with Crippen LogP contribution in [-0.2, 0) is 25.5 Å². The molecule has 0 saturated heterocycles. The molecular formula is C19H16O3. The van der Waals surface area contributed by atoms with Crippen molar-refractivity contribution in [1.29, 1.82) is 0 Å². The van der Waals surface area contributed by atoms with E-state index in [9.17, 15) is 4.79 Å². The molecule has 2 aliphatic rings. The zero-order valence-corrected chi connectivity index (χ0v) is 12.3. The summed E-state index contributed by atoms with van der Waals surface area (Å²) < 4.78 is 11.7. The summed E-state index contributed by atoms with van der Waals surface area (Å²) >= 11 is 0. The lowest BCUT2D eigenvalue weighted by molar-refractivity contribution is -0.152. The minimum atomic E-state index is -0.682. The lowest BCUT2D eigenvalue weighted by Gasteiger charge is -2.26. The second kappa shape index (κ2) is 4.55. The lowest BCUT2D eigenvalue weighted by atomic mass is 9.79. The van der Waals surface area contributed by atoms with Crippen molar-refractivity contribution in [3.05, 3.63) is 83.4 Å². The van der Waals surface area contributed by atoms with Crippen molar-refractivity contribution in [3.63, 3.8) is 0 Å². The third kappa shape index (κ3) is 1.69. The van der Waals surface area contributed by atoms with Gasteiger partial charge in [-0.1, -0.05) is 54.6 Å². The van der Waals surface area contributed by atoms with Crippen LogP contribution in [0.25, 0.3) is 0 Å². The van der Waals surface area contributed by atoms with Crippen LogP contribution in [0.2, 0.25) is 0 Å². The Hall–Kier alpha value is -2.39. The number of ether oxygens (including phenoxy) is 2. The Kier molecular flexibility index (Phi) is 2.75. The molecule has 3 nitrogen and oxygen atoms in total. The first-order valence-corrected chi connectivity index (χ1v) is 7.36. The van der Waals surface area contributed by atoms with E-state index in [0.717, 1.165) is 16.7 Å². The van der Waals surface area contributed by atoms with Crippen LogP contribution in [0.5, 0.6) is 0 Å². The number of rotatable bonds is 3. The first kappa shape index (κ1) is 13.3. The number of carbonyl (C=O) groups is 1. The fourth-order valence-electron chi connectivity index (χ4n) is 3.43. The molecule has 2 aromatic rings. The van der Waals surface area contributed by atoms with Gasteiger partial charge in [-0.05, 0) is 28.8 Å². The molecule has 0 saturated carbocycles. The Bertz CT molecular complexity index is 765. The normalized spacial score (nSPS) is 27.7. The number of esters is 1. The molecule has 0 amide bonds. The Morgan fingerprint density at radius 2 is 1.68 bits per heavy atom. The van der Waals surface area contributed by atoms with Crippen LogP contribution in [0.1, 0.15) is 23.6 Å². The van der Waals surface area contributed by atoms with Gasteiger partial charge in [0.2, 0.25) is 0 Å². The van der Waals surface area contributed by atoms with Crippen LogP contribution in [0.15, 0.2) is 66.7 Å². The minimum Gasteiger partial charge on any atom is -0.462 e. The van der Waals surface area contributed by atoms with Gasteiger partial charge in [-0.2, -0.15) is 0 Å². The van der Waals surface area contributed by atoms with E-state index >= 15 is 0 Å². The Morgan fingerprint density at radius 1 is 1.00 bits per heavy atom. The van der Waals surface area contributed by atoms with Crippen molar-refractivity contribution in [2.75, 3.05) is 6.61 Å². The Morgan fingerprint density at radius 3 is 2.41 bits per heavy atom. The third-order valence-corrected chi connectivity index (χ3v) is 4.41. The molecular weight excluding hydrogens is 276 g/mol. The van der Waals surface area contributed by atoms with E-state index in [0.29, 0.717) is 0 Å². The van der Waals surface area contributed by atoms with E-state index < -0.39 is 11.2 Å². The first-order valence-electron chi connectivity index (χ1n) is 7.36. The number of carbonyl (C=O) groups excluding carboxylic acids is 1. The molecule has 22 heavy (non-hydrogen) atoms. The largest absolute Gasteiger partial charge is 0.462 e. The quantitative estimate of drug-likeness (QED) is 0.643. The summed E-state index contributed by atoms with van der Waals surface area (Å²) in [5, 5.41) is 0. The first-order chi connectivity index (χ1) is 10.7. The highest BCUT2D eigenvalue weighted by molar-refractivity contribution is 5.66. The van der Waals surface area contributed by atoms with Crippen molar-refractivity contribution < 1.29 is 14.3 Å². The van der Waals surface area contributed by atoms with Gasteiger partial charge in [0, 0.05) is 6.92 Å². The van der Waals surface area contributed by atoms with Crippen LogP contribution >= 0.6 is 0 Å². The maximum atomic E-state index is 11.2. The van der Waals surface area contributed by atoms with Crippen molar-refractivity contribution in [2.45, 2.75) is 18.1 Å². The fourth-order valence-corrected chi connectivity index (χ4v) is 3.43. The molecule has 2 heterocycles. The monoisotopic (exact) mass is 292 g/mol. The topological polar surface area (TPSA) is 35.5 Å². The molecule has 0 spiro atoms. The molecule has 0 unspecified atom stereocenters. The smallest absolute Gasteiger partial charge is 0.302 e. The zero-order valence-electron chi connectivity index (χ0n) is 12.3. The van der Waals surface area contributed by atoms with Crippen LogP contribution in [0.4, 0.5) is 0 Å². The Labute approximate surface area is 129 Å². The van der Waals surface area contributed by atoms with E-state index in [4.69, 9.17) is 9.47 Å². The van der Waals surface area contributed by atoms with Crippen LogP contribution in [-0.4, -0.2) is 12.6 Å². The fraction of sp³-hybridized carbons (Fsp3) is 0.211. The van der Waals surface area contributed by atoms with Crippen molar-refractivity contribution >= 4 is 5.97 Å². The van der Waals surface area contributed by atoms with E-state index in [2.05, 4.69) is 24.3 Å². The minimum absolute atomic E-state index is 0.199. The molecule has 3 heteroatoms. The van der Waals surface area contributed by atoms with Crippen LogP contribution < -0.4 is 0 Å². The van der Waals surface area contributed by atoms with Crippen molar-refractivity contribution in [2.24, 2.45) is 0 Å². The highest BCUT2D eigenvalue weighted by atomic mass is 16.6. The maximum absolute atomic E-state index is 11.2. The molecule has 0 aromatic heterocycles. The molecule has 2 aliphatic heterocycles. The summed E-state index contributed by atoms with van der Waals surface area (Å²) in [5.41, 5.74) is 2.01. The van der Waals surface area contributed by atoms with Gasteiger partial charge in [0.05, 0.1) is 0 Å². The van der Waals surface area contributed by atoms with Crippen LogP contribution in [0, 0.1) is 0 Å². The lowest BCUT2D eigenvalue weighted by Crippen LogP contribution is -2.30. The van der Waals surface area contributed by atoms with Gasteiger partial charge in [-0.3, -0.25) is 4.79 Å². The molecule has 0 fully saturated rings. The molecule has 110 valence electrons. The molecule has 2 atom stereocenters. The average molecular weight is 292 g/mol. The molecule has 0 radical (unpaired) electrons. The van der Waals surface area contributed by atoms with Crippen LogP contribution in [0.3, 0.4) is 0 Å². The van der Waals surface area contributed by atoms with Gasteiger partial charge in [0.1, 0.15) is 17.8 Å². The third-order valence-electron chi connectivity index (χ3n) is 4.41. The summed E-state index contributed by atoms with van der Waals surface area (Å²) in [5.74, 6) is -0.298. The molecule has 0 aliphatic carbocycles. The maximum Gasteiger partial charge on any atom is 0.302 e. The van der Waals surface area contributed by atoms with Gasteiger partial charge < -0.3 is 9.47 Å². The predicted molar refractivity (Wildman–Crippen MR) is 82.2 cm³/mol. The SMILES string of the molecule is CC(=O)OC[C@]12C=C[C@](c3ccccc3)(O1)c1ccccc12. The van der Waals surface area contributed by atoms with Gasteiger partial charge in [-0.15, -0.1) is 0 Å². The molecule has 2 aromatic carbocycles. The number of benzene rings is 2. The molecule has 0 N–H and O–H groups in total. The van der Waals surface area contributed by atoms with Gasteiger partial charge in [-0.25, -0.2) is 0 Å². The summed E-state index contributed by atoms with van der Waals surface area (Å²) in [4.78, 5) is 11.2. The van der Waals surface area contributed by atoms with E-state index in [1.807, 2.05) is 42.5 Å². The van der Waals surface area contributed by atoms with E-state index in [-0.39, 0.29) is 12.6 Å². The number of hydrogen-bond donors (Lipinski definition) is 0. The summed E-state index contributed by atoms with van der Waals surface area (Å²) in [7, 11) is 0. The Balaban J connectivity index is 1.85. The van der Waals surface area contributed by atoms with Gasteiger partial charge >= 0.3 is 5.97 Å². The number of fused-ring (bicyclic) bond motifs is 5. The zero-order chi connectivity index (χ0) is 15.2. The van der Waals surface area contributed by atoms with Crippen molar-refractivity contribution in [1.82, 2.24) is 0 Å². The van der Waals surface area contributed by atoms with E-state index in [1.165, 1.54) is 6.92 Å². The highest BCUT2D eigenvalue weighted by Gasteiger charge is 2.56. The second-order valence-electron chi connectivity index (χ2n) is 5.75. The average Bonchev–Trinajstić information content (AvgIpc) is 3.08. The highest BCUT2D eigenvalue weighted by Crippen LogP contribution is 2.56. The van der Waals surface area contributed by atoms with Gasteiger partial charge in [0.25, 0.3) is 0 Å². The second-order valence-corrected chi connectivity index (χ2v) is 5.75. The molecule has 2 bridgehead atoms. The van der Waals surface area contributed by atoms with E-state index in [1.54, 1.807) is 0 Å². The number of hydrogen-bond acceptors (Lipinski definition) is 3. The van der Waals surface area contributed by atoms with Crippen molar-refractivity contribution in [3.8, 4) is 0 Å². The standard InChI is InChI=1S/C19H16O3/c1-14(20)21-13-18-11-12-19(22-18,15-7-3-2-4-8-15)17-10-6-5-9-16(17)18/h2-12H,13H2,1H3/t18-,19+/m0/s1.